The minimum absolute atomic E-state index is 0.0174. The second-order valence-electron chi connectivity index (χ2n) is 14.2. The smallest absolute Gasteiger partial charge is 0.472 e. The first-order valence-corrected chi connectivity index (χ1v) is 23.0. The fourth-order valence-electron chi connectivity index (χ4n) is 5.45. The average molecular weight is 822 g/mol. The van der Waals surface area contributed by atoms with Gasteiger partial charge in [-0.15, -0.1) is 0 Å². The number of carboxylic acid groups (broad SMARTS) is 1. The molecule has 0 aromatic carbocycles. The summed E-state index contributed by atoms with van der Waals surface area (Å²) in [5, 5.41) is 21.7. The van der Waals surface area contributed by atoms with Crippen molar-refractivity contribution in [3.8, 4) is 0 Å². The lowest BCUT2D eigenvalue weighted by molar-refractivity contribution is -0.147. The van der Waals surface area contributed by atoms with Crippen LogP contribution in [-0.4, -0.2) is 64.9 Å². The molecule has 3 unspecified atom stereocenters. The van der Waals surface area contributed by atoms with Crippen molar-refractivity contribution in [1.29, 1.82) is 0 Å². The Morgan fingerprint density at radius 1 is 0.579 bits per heavy atom. The van der Waals surface area contributed by atoms with Gasteiger partial charge in [0.05, 0.1) is 13.2 Å². The molecule has 0 rings (SSSR count). The first-order valence-electron chi connectivity index (χ1n) is 21.5. The molecular formula is C45H76NO10P. The Hall–Kier alpha value is -3.08. The summed E-state index contributed by atoms with van der Waals surface area (Å²) >= 11 is 0. The Morgan fingerprint density at radius 2 is 1.00 bits per heavy atom. The number of unbranched alkanes of at least 4 members (excludes halogenated alkanes) is 13. The molecular weight excluding hydrogens is 745 g/mol. The molecule has 0 heterocycles. The predicted octanol–water partition coefficient (Wildman–Crippen LogP) is 10.9. The van der Waals surface area contributed by atoms with Crippen LogP contribution in [0.2, 0.25) is 0 Å². The van der Waals surface area contributed by atoms with Crippen LogP contribution >= 0.6 is 7.82 Å². The van der Waals surface area contributed by atoms with Crippen molar-refractivity contribution in [3.05, 3.63) is 72.9 Å². The van der Waals surface area contributed by atoms with Crippen molar-refractivity contribution in [1.82, 2.24) is 5.32 Å². The Balaban J connectivity index is 4.04. The Morgan fingerprint density at radius 3 is 1.46 bits per heavy atom. The van der Waals surface area contributed by atoms with Crippen LogP contribution in [0.1, 0.15) is 162 Å². The molecule has 326 valence electrons. The predicted molar refractivity (Wildman–Crippen MR) is 231 cm³/mol. The molecule has 0 aliphatic carbocycles. The molecule has 0 aromatic rings. The number of carbonyl (C=O) groups excluding carboxylic acids is 2. The highest BCUT2D eigenvalue weighted by molar-refractivity contribution is 7.47. The quantitative estimate of drug-likeness (QED) is 0.0203. The first kappa shape index (κ1) is 53.9. The van der Waals surface area contributed by atoms with Crippen LogP contribution in [0.5, 0.6) is 0 Å². The standard InChI is InChI=1S/C45H76NO10P/c1-3-5-7-9-11-13-15-17-19-20-21-22-23-24-26-28-30-32-34-36-43(48)46-42(45(50)51)40-56-57(52,53)55-39-41(47)38-54-44(49)37-35-33-31-29-27-25-18-16-14-12-10-8-6-4-2/h5,7,11,13,17,19,21-22,24,26,30,32,41-42,47H,3-4,6,8-10,12,14-16,18,20,23,25,27-29,31,33-40H2,1-2H3,(H,46,48)(H,50,51)(H,52,53)/b7-5-,13-11-,19-17-,22-21-,26-24-,32-30-. The Labute approximate surface area is 344 Å². The van der Waals surface area contributed by atoms with E-state index < -0.39 is 57.6 Å². The number of aliphatic hydroxyl groups is 1. The van der Waals surface area contributed by atoms with Crippen molar-refractivity contribution < 1.29 is 47.8 Å². The fourth-order valence-corrected chi connectivity index (χ4v) is 6.23. The SMILES string of the molecule is CC/C=C\C/C=C\C/C=C\C/C=C\C/C=C\C/C=C\CCC(=O)NC(COP(=O)(O)OCC(O)COC(=O)CCCCCCCCCCCCCCCC)C(=O)O. The van der Waals surface area contributed by atoms with E-state index in [0.717, 1.165) is 51.4 Å². The maximum absolute atomic E-state index is 12.3. The highest BCUT2D eigenvalue weighted by atomic mass is 31.2. The monoisotopic (exact) mass is 822 g/mol. The van der Waals surface area contributed by atoms with E-state index in [1.165, 1.54) is 64.2 Å². The summed E-state index contributed by atoms with van der Waals surface area (Å²) in [7, 11) is -4.78. The number of nitrogens with one attached hydrogen (secondary N) is 1. The van der Waals surface area contributed by atoms with Crippen LogP contribution in [0, 0.1) is 0 Å². The summed E-state index contributed by atoms with van der Waals surface area (Å²) in [6.07, 6.45) is 46.6. The van der Waals surface area contributed by atoms with E-state index in [4.69, 9.17) is 13.8 Å². The van der Waals surface area contributed by atoms with Gasteiger partial charge in [-0.3, -0.25) is 18.6 Å². The highest BCUT2D eigenvalue weighted by Crippen LogP contribution is 2.43. The molecule has 0 aliphatic rings. The molecule has 0 aliphatic heterocycles. The number of amides is 1. The summed E-state index contributed by atoms with van der Waals surface area (Å²) in [6.45, 7) is 2.42. The van der Waals surface area contributed by atoms with E-state index in [0.29, 0.717) is 19.3 Å². The highest BCUT2D eigenvalue weighted by Gasteiger charge is 2.28. The van der Waals surface area contributed by atoms with Crippen molar-refractivity contribution in [3.63, 3.8) is 0 Å². The van der Waals surface area contributed by atoms with Gasteiger partial charge in [0.25, 0.3) is 0 Å². The molecule has 12 heteroatoms. The topological polar surface area (TPSA) is 169 Å². The van der Waals surface area contributed by atoms with E-state index in [2.05, 4.69) is 73.8 Å². The van der Waals surface area contributed by atoms with Gasteiger partial charge < -0.3 is 25.2 Å². The van der Waals surface area contributed by atoms with Crippen LogP contribution in [0.3, 0.4) is 0 Å². The lowest BCUT2D eigenvalue weighted by atomic mass is 10.0. The number of hydrogen-bond acceptors (Lipinski definition) is 8. The van der Waals surface area contributed by atoms with Gasteiger partial charge in [0, 0.05) is 12.8 Å². The van der Waals surface area contributed by atoms with Crippen LogP contribution in [0.25, 0.3) is 0 Å². The lowest BCUT2D eigenvalue weighted by Gasteiger charge is -2.18. The normalized spacial score (nSPS) is 14.5. The number of aliphatic carboxylic acids is 1. The molecule has 0 radical (unpaired) electrons. The van der Waals surface area contributed by atoms with Gasteiger partial charge >= 0.3 is 19.8 Å². The Bertz CT molecular complexity index is 1240. The third-order valence-corrected chi connectivity index (χ3v) is 9.72. The molecule has 11 nitrogen and oxygen atoms in total. The molecule has 0 aromatic heterocycles. The number of carboxylic acids is 1. The number of aliphatic hydroxyl groups excluding tert-OH is 1. The van der Waals surface area contributed by atoms with Gasteiger partial charge in [-0.1, -0.05) is 170 Å². The van der Waals surface area contributed by atoms with Crippen molar-refractivity contribution in [2.45, 2.75) is 174 Å². The van der Waals surface area contributed by atoms with Crippen LogP contribution in [-0.2, 0) is 32.7 Å². The minimum atomic E-state index is -4.78. The third-order valence-electron chi connectivity index (χ3n) is 8.77. The molecule has 0 saturated heterocycles. The van der Waals surface area contributed by atoms with Gasteiger partial charge in [0.2, 0.25) is 5.91 Å². The summed E-state index contributed by atoms with van der Waals surface area (Å²) in [6, 6.07) is -1.59. The van der Waals surface area contributed by atoms with E-state index in [-0.39, 0.29) is 12.8 Å². The largest absolute Gasteiger partial charge is 0.480 e. The zero-order chi connectivity index (χ0) is 42.1. The molecule has 0 saturated carbocycles. The molecule has 1 amide bonds. The van der Waals surface area contributed by atoms with Crippen LogP contribution in [0.15, 0.2) is 72.9 Å². The number of ether oxygens (including phenoxy) is 1. The second-order valence-corrected chi connectivity index (χ2v) is 15.6. The molecule has 4 N–H and O–H groups in total. The molecule has 57 heavy (non-hydrogen) atoms. The summed E-state index contributed by atoms with van der Waals surface area (Å²) in [5.74, 6) is -2.49. The van der Waals surface area contributed by atoms with Gasteiger partial charge in [0.15, 0.2) is 6.04 Å². The zero-order valence-corrected chi connectivity index (χ0v) is 36.0. The molecule has 0 spiro atoms. The number of rotatable bonds is 39. The second kappa shape index (κ2) is 39.7. The first-order chi connectivity index (χ1) is 27.6. The van der Waals surface area contributed by atoms with E-state index in [1.54, 1.807) is 0 Å². The number of carbonyl (C=O) groups is 3. The number of phosphoric ester groups is 1. The van der Waals surface area contributed by atoms with Gasteiger partial charge in [-0.2, -0.15) is 0 Å². The summed E-state index contributed by atoms with van der Waals surface area (Å²) < 4.78 is 26.8. The fraction of sp³-hybridized carbons (Fsp3) is 0.667. The maximum atomic E-state index is 12.3. The van der Waals surface area contributed by atoms with Crippen LogP contribution < -0.4 is 5.32 Å². The average Bonchev–Trinajstić information content (AvgIpc) is 3.18. The van der Waals surface area contributed by atoms with E-state index in [9.17, 15) is 34.1 Å². The van der Waals surface area contributed by atoms with E-state index >= 15 is 0 Å². The zero-order valence-electron chi connectivity index (χ0n) is 35.1. The van der Waals surface area contributed by atoms with Crippen molar-refractivity contribution >= 4 is 25.7 Å². The minimum Gasteiger partial charge on any atom is -0.480 e. The molecule has 3 atom stereocenters. The number of allylic oxidation sites excluding steroid dienone is 12. The van der Waals surface area contributed by atoms with E-state index in [1.807, 2.05) is 18.2 Å². The summed E-state index contributed by atoms with van der Waals surface area (Å²) in [4.78, 5) is 45.8. The molecule has 0 fully saturated rings. The van der Waals surface area contributed by atoms with Gasteiger partial charge in [-0.25, -0.2) is 9.36 Å². The number of hydrogen-bond donors (Lipinski definition) is 4. The maximum Gasteiger partial charge on any atom is 0.472 e. The lowest BCUT2D eigenvalue weighted by Crippen LogP contribution is -2.43. The Kier molecular flexibility index (Phi) is 37.6. The van der Waals surface area contributed by atoms with Gasteiger partial charge in [0.1, 0.15) is 12.7 Å². The van der Waals surface area contributed by atoms with Crippen molar-refractivity contribution in [2.24, 2.45) is 0 Å². The number of esters is 1. The molecule has 0 bridgehead atoms. The summed E-state index contributed by atoms with van der Waals surface area (Å²) in [5.41, 5.74) is 0. The van der Waals surface area contributed by atoms with Crippen LogP contribution in [0.4, 0.5) is 0 Å². The third kappa shape index (κ3) is 39.5. The van der Waals surface area contributed by atoms with Crippen molar-refractivity contribution in [2.75, 3.05) is 19.8 Å². The number of phosphoric acid groups is 1. The van der Waals surface area contributed by atoms with Gasteiger partial charge in [-0.05, 0) is 51.4 Å².